The Morgan fingerprint density at radius 1 is 1.67 bits per heavy atom. The van der Waals surface area contributed by atoms with E-state index in [2.05, 4.69) is 4.98 Å². The van der Waals surface area contributed by atoms with E-state index in [1.165, 1.54) is 0 Å². The van der Waals surface area contributed by atoms with Gasteiger partial charge in [-0.3, -0.25) is 4.79 Å². The minimum Gasteiger partial charge on any atom is -0.465 e. The average Bonchev–Trinajstić information content (AvgIpc) is 2.35. The molecule has 0 spiro atoms. The van der Waals surface area contributed by atoms with Crippen molar-refractivity contribution in [3.8, 4) is 0 Å². The number of pyridine rings is 1. The maximum atomic E-state index is 11.3. The number of nitrogens with zero attached hydrogens (tertiary/aromatic N) is 1. The number of carbonyl (C=O) groups excluding carboxylic acids is 1. The summed E-state index contributed by atoms with van der Waals surface area (Å²) in [7, 11) is 0. The second-order valence-corrected chi connectivity index (χ2v) is 5.18. The van der Waals surface area contributed by atoms with Crippen LogP contribution in [-0.4, -0.2) is 29.4 Å². The third-order valence-corrected chi connectivity index (χ3v) is 3.49. The molecule has 1 unspecified atom stereocenters. The smallest absolute Gasteiger partial charge is 0.322 e. The van der Waals surface area contributed by atoms with E-state index in [-0.39, 0.29) is 5.97 Å². The topological polar surface area (TPSA) is 65.2 Å². The van der Waals surface area contributed by atoms with Crippen molar-refractivity contribution < 1.29 is 9.53 Å². The quantitative estimate of drug-likeness (QED) is 0.473. The van der Waals surface area contributed by atoms with Gasteiger partial charge in [-0.25, -0.2) is 4.98 Å². The third-order valence-electron chi connectivity index (χ3n) is 2.22. The van der Waals surface area contributed by atoms with Gasteiger partial charge in [0, 0.05) is 11.9 Å². The number of carbonyl (C=O) groups is 1. The monoisotopic (exact) mass is 288 g/mol. The maximum Gasteiger partial charge on any atom is 0.322 e. The van der Waals surface area contributed by atoms with Gasteiger partial charge in [-0.05, 0) is 36.8 Å². The van der Waals surface area contributed by atoms with E-state index < -0.39 is 6.04 Å². The molecule has 0 radical (unpaired) electrons. The molecular weight excluding hydrogens is 272 g/mol. The number of rotatable bonds is 7. The van der Waals surface area contributed by atoms with Crippen molar-refractivity contribution in [3.05, 3.63) is 29.0 Å². The second kappa shape index (κ2) is 8.34. The molecule has 1 aromatic heterocycles. The van der Waals surface area contributed by atoms with Crippen LogP contribution < -0.4 is 5.73 Å². The van der Waals surface area contributed by atoms with Crippen molar-refractivity contribution in [2.24, 2.45) is 5.73 Å². The van der Waals surface area contributed by atoms with Crippen LogP contribution in [0, 0.1) is 0 Å². The number of ether oxygens (including phenoxy) is 1. The van der Waals surface area contributed by atoms with Gasteiger partial charge in [0.15, 0.2) is 0 Å². The van der Waals surface area contributed by atoms with Crippen LogP contribution in [0.4, 0.5) is 0 Å². The first-order valence-electron chi connectivity index (χ1n) is 5.74. The number of aromatic nitrogens is 1. The lowest BCUT2D eigenvalue weighted by molar-refractivity contribution is -0.144. The normalized spacial score (nSPS) is 12.2. The Bertz CT molecular complexity index is 390. The fourth-order valence-electron chi connectivity index (χ4n) is 1.30. The standard InChI is InChI=1S/C12H17ClN2O2S/c1-2-17-12(16)10(14)4-6-18-8-9-3-5-15-11(13)7-9/h3,5,7,10H,2,4,6,8,14H2,1H3. The number of halogens is 1. The number of nitrogens with two attached hydrogens (primary N) is 1. The molecule has 2 N–H and O–H groups in total. The SMILES string of the molecule is CCOC(=O)C(N)CCSCc1ccnc(Cl)c1. The van der Waals surface area contributed by atoms with Crippen molar-refractivity contribution in [1.29, 1.82) is 0 Å². The zero-order valence-electron chi connectivity index (χ0n) is 10.3. The van der Waals surface area contributed by atoms with E-state index >= 15 is 0 Å². The Balaban J connectivity index is 2.20. The molecule has 0 saturated heterocycles. The molecule has 0 aliphatic rings. The lowest BCUT2D eigenvalue weighted by Crippen LogP contribution is -2.32. The Labute approximate surface area is 116 Å². The lowest BCUT2D eigenvalue weighted by atomic mass is 10.2. The zero-order chi connectivity index (χ0) is 13.4. The van der Waals surface area contributed by atoms with Gasteiger partial charge in [0.2, 0.25) is 0 Å². The summed E-state index contributed by atoms with van der Waals surface area (Å²) < 4.78 is 4.84. The van der Waals surface area contributed by atoms with Crippen LogP contribution in [0.5, 0.6) is 0 Å². The van der Waals surface area contributed by atoms with E-state index in [4.69, 9.17) is 22.1 Å². The van der Waals surface area contributed by atoms with Crippen molar-refractivity contribution in [2.45, 2.75) is 25.1 Å². The Hall–Kier alpha value is -0.780. The summed E-state index contributed by atoms with van der Waals surface area (Å²) in [5.41, 5.74) is 6.80. The van der Waals surface area contributed by atoms with Crippen molar-refractivity contribution in [2.75, 3.05) is 12.4 Å². The summed E-state index contributed by atoms with van der Waals surface area (Å²) in [5.74, 6) is 1.31. The van der Waals surface area contributed by atoms with Crippen LogP contribution in [0.2, 0.25) is 5.15 Å². The number of esters is 1. The molecule has 0 saturated carbocycles. The summed E-state index contributed by atoms with van der Waals surface area (Å²) in [5, 5.41) is 0.497. The van der Waals surface area contributed by atoms with Gasteiger partial charge < -0.3 is 10.5 Å². The highest BCUT2D eigenvalue weighted by atomic mass is 35.5. The minimum absolute atomic E-state index is 0.329. The minimum atomic E-state index is -0.529. The molecule has 18 heavy (non-hydrogen) atoms. The number of hydrogen-bond acceptors (Lipinski definition) is 5. The fourth-order valence-corrected chi connectivity index (χ4v) is 2.48. The van der Waals surface area contributed by atoms with E-state index in [0.29, 0.717) is 18.2 Å². The second-order valence-electron chi connectivity index (χ2n) is 3.69. The van der Waals surface area contributed by atoms with Gasteiger partial charge in [0.25, 0.3) is 0 Å². The first-order chi connectivity index (χ1) is 8.63. The van der Waals surface area contributed by atoms with E-state index in [1.54, 1.807) is 24.9 Å². The molecule has 1 atom stereocenters. The largest absolute Gasteiger partial charge is 0.465 e. The Morgan fingerprint density at radius 2 is 2.44 bits per heavy atom. The van der Waals surface area contributed by atoms with Gasteiger partial charge in [-0.1, -0.05) is 11.6 Å². The van der Waals surface area contributed by atoms with Crippen LogP contribution in [0.1, 0.15) is 18.9 Å². The highest BCUT2D eigenvalue weighted by Gasteiger charge is 2.13. The van der Waals surface area contributed by atoms with Crippen molar-refractivity contribution in [3.63, 3.8) is 0 Å². The van der Waals surface area contributed by atoms with Crippen LogP contribution in [0.3, 0.4) is 0 Å². The molecule has 0 fully saturated rings. The highest BCUT2D eigenvalue weighted by molar-refractivity contribution is 7.98. The van der Waals surface area contributed by atoms with Gasteiger partial charge in [0.1, 0.15) is 11.2 Å². The number of hydrogen-bond donors (Lipinski definition) is 1. The molecule has 0 aliphatic heterocycles. The van der Waals surface area contributed by atoms with Gasteiger partial charge in [0.05, 0.1) is 6.61 Å². The van der Waals surface area contributed by atoms with E-state index in [1.807, 2.05) is 12.1 Å². The van der Waals surface area contributed by atoms with Crippen LogP contribution >= 0.6 is 23.4 Å². The molecule has 6 heteroatoms. The molecule has 4 nitrogen and oxygen atoms in total. The molecule has 1 heterocycles. The van der Waals surface area contributed by atoms with E-state index in [9.17, 15) is 4.79 Å². The number of thioether (sulfide) groups is 1. The lowest BCUT2D eigenvalue weighted by Gasteiger charge is -2.09. The molecule has 0 aromatic carbocycles. The Kier molecular flexibility index (Phi) is 7.08. The first kappa shape index (κ1) is 15.3. The van der Waals surface area contributed by atoms with Crippen LogP contribution in [0.15, 0.2) is 18.3 Å². The summed E-state index contributed by atoms with van der Waals surface area (Å²) in [6.07, 6.45) is 2.30. The third kappa shape index (κ3) is 5.71. The van der Waals surface area contributed by atoms with Crippen LogP contribution in [0.25, 0.3) is 0 Å². The van der Waals surface area contributed by atoms with Crippen LogP contribution in [-0.2, 0) is 15.3 Å². The molecule has 1 rings (SSSR count). The molecule has 1 aromatic rings. The van der Waals surface area contributed by atoms with Gasteiger partial charge >= 0.3 is 5.97 Å². The van der Waals surface area contributed by atoms with E-state index in [0.717, 1.165) is 17.1 Å². The zero-order valence-corrected chi connectivity index (χ0v) is 11.8. The summed E-state index contributed by atoms with van der Waals surface area (Å²) in [6.45, 7) is 2.14. The summed E-state index contributed by atoms with van der Waals surface area (Å²) in [6, 6.07) is 3.22. The fraction of sp³-hybridized carbons (Fsp3) is 0.500. The molecular formula is C12H17ClN2O2S. The van der Waals surface area contributed by atoms with Crippen molar-refractivity contribution >= 4 is 29.3 Å². The average molecular weight is 289 g/mol. The molecule has 0 bridgehead atoms. The Morgan fingerprint density at radius 3 is 3.11 bits per heavy atom. The van der Waals surface area contributed by atoms with Gasteiger partial charge in [-0.2, -0.15) is 11.8 Å². The molecule has 0 aliphatic carbocycles. The predicted octanol–water partition coefficient (Wildman–Crippen LogP) is 2.25. The van der Waals surface area contributed by atoms with Crippen molar-refractivity contribution in [1.82, 2.24) is 4.98 Å². The molecule has 0 amide bonds. The van der Waals surface area contributed by atoms with Gasteiger partial charge in [-0.15, -0.1) is 0 Å². The summed E-state index contributed by atoms with van der Waals surface area (Å²) in [4.78, 5) is 15.2. The highest BCUT2D eigenvalue weighted by Crippen LogP contribution is 2.15. The predicted molar refractivity (Wildman–Crippen MR) is 74.6 cm³/mol. The summed E-state index contributed by atoms with van der Waals surface area (Å²) >= 11 is 7.49. The maximum absolute atomic E-state index is 11.3. The molecule has 100 valence electrons. The first-order valence-corrected chi connectivity index (χ1v) is 7.27.